The van der Waals surface area contributed by atoms with Gasteiger partial charge in [-0.3, -0.25) is 0 Å². The molecule has 0 saturated carbocycles. The van der Waals surface area contributed by atoms with E-state index in [1.54, 1.807) is 0 Å². The zero-order chi connectivity index (χ0) is 2.71. The predicted molar refractivity (Wildman–Crippen MR) is 15.7 cm³/mol. The molecule has 0 spiro atoms. The van der Waals surface area contributed by atoms with Crippen LogP contribution in [0.25, 0.3) is 0 Å². The molecule has 0 rings (SSSR count). The monoisotopic (exact) mass is 188 g/mol. The van der Waals surface area contributed by atoms with Crippen molar-refractivity contribution in [3.8, 4) is 0 Å². The first-order valence-corrected chi connectivity index (χ1v) is 2.24. The fourth-order valence-corrected chi connectivity index (χ4v) is 0. The van der Waals surface area contributed by atoms with Gasteiger partial charge in [-0.1, -0.05) is 0 Å². The molecular formula is H2MgO2Te+. The molecule has 0 aliphatic heterocycles. The molecule has 0 atom stereocenters. The van der Waals surface area contributed by atoms with Crippen LogP contribution in [0.3, 0.4) is 0 Å². The molecule has 0 aromatic carbocycles. The van der Waals surface area contributed by atoms with E-state index in [9.17, 15) is 0 Å². The van der Waals surface area contributed by atoms with Gasteiger partial charge < -0.3 is 0 Å². The Bertz CT molecular complexity index is 27.0. The largest absolute Gasteiger partial charge is 0.316 e. The van der Waals surface area contributed by atoms with Crippen LogP contribution in [0.4, 0.5) is 0 Å². The fraction of sp³-hybridized carbons (Fsp3) is 0. The molecule has 0 aliphatic carbocycles. The second-order valence-electron chi connectivity index (χ2n) is 0.0680. The van der Waals surface area contributed by atoms with E-state index in [0.29, 0.717) is 0 Å². The Morgan fingerprint density at radius 3 is 1.25 bits per heavy atom. The Balaban J connectivity index is 0. The smallest absolute Gasteiger partial charge is 0.316 e. The maximum absolute atomic E-state index is 8.50. The molecular weight excluding hydrogens is 184 g/mol. The first-order valence-electron chi connectivity index (χ1n) is 0.333. The second kappa shape index (κ2) is 8.91. The third-order valence-corrected chi connectivity index (χ3v) is 0. The van der Waals surface area contributed by atoms with E-state index in [2.05, 4.69) is 0 Å². The summed E-state index contributed by atoms with van der Waals surface area (Å²) >= 11 is -2.03. The molecule has 1 radical (unpaired) electrons. The Kier molecular flexibility index (Phi) is 19.9. The van der Waals surface area contributed by atoms with Crippen LogP contribution in [0.5, 0.6) is 0 Å². The first kappa shape index (κ1) is 8.94. The molecule has 21 valence electrons. The summed E-state index contributed by atoms with van der Waals surface area (Å²) in [5.74, 6) is 0. The van der Waals surface area contributed by atoms with Gasteiger partial charge in [-0.2, -0.15) is 0 Å². The van der Waals surface area contributed by atoms with Crippen LogP contribution < -0.4 is 0 Å². The molecule has 4 heavy (non-hydrogen) atoms. The minimum Gasteiger partial charge on any atom is 0.316 e. The van der Waals surface area contributed by atoms with Crippen molar-refractivity contribution in [3.63, 3.8) is 0 Å². The van der Waals surface area contributed by atoms with Crippen molar-refractivity contribution in [3.05, 3.63) is 0 Å². The average molecular weight is 186 g/mol. The van der Waals surface area contributed by atoms with Crippen LogP contribution in [0.1, 0.15) is 0 Å². The number of rotatable bonds is 0. The van der Waals surface area contributed by atoms with Crippen molar-refractivity contribution in [2.45, 2.75) is 0 Å². The molecule has 0 N–H and O–H groups in total. The zero-order valence-electron chi connectivity index (χ0n) is 1.22. The third-order valence-electron chi connectivity index (χ3n) is 0. The van der Waals surface area contributed by atoms with Crippen LogP contribution in [0.2, 0.25) is 0 Å². The van der Waals surface area contributed by atoms with Crippen molar-refractivity contribution in [2.75, 3.05) is 0 Å². The van der Waals surface area contributed by atoms with Crippen molar-refractivity contribution in [2.24, 2.45) is 0 Å². The van der Waals surface area contributed by atoms with Crippen LogP contribution in [0.15, 0.2) is 0 Å². The Hall–Kier alpha value is 1.16. The zero-order valence-corrected chi connectivity index (χ0v) is 3.56. The van der Waals surface area contributed by atoms with Crippen molar-refractivity contribution in [1.82, 2.24) is 0 Å². The quantitative estimate of drug-likeness (QED) is 0.430. The van der Waals surface area contributed by atoms with Gasteiger partial charge in [0.25, 0.3) is 0 Å². The summed E-state index contributed by atoms with van der Waals surface area (Å²) in [6.45, 7) is 0. The van der Waals surface area contributed by atoms with Gasteiger partial charge in [0.15, 0.2) is 0 Å². The molecule has 0 aromatic rings. The number of hydrogen-bond acceptors (Lipinski definition) is 2. The SMILES string of the molecule is O=[Te+]=O.[MgH2]. The summed E-state index contributed by atoms with van der Waals surface area (Å²) in [6.07, 6.45) is 0. The van der Waals surface area contributed by atoms with Crippen LogP contribution >= 0.6 is 0 Å². The summed E-state index contributed by atoms with van der Waals surface area (Å²) in [7, 11) is 0. The molecule has 4 heteroatoms. The van der Waals surface area contributed by atoms with E-state index < -0.39 is 20.9 Å². The van der Waals surface area contributed by atoms with Crippen molar-refractivity contribution in [1.29, 1.82) is 0 Å². The third kappa shape index (κ3) is 11.0. The molecule has 0 aromatic heterocycles. The molecule has 2 nitrogen and oxygen atoms in total. The number of hydrogen-bond donors (Lipinski definition) is 0. The van der Waals surface area contributed by atoms with E-state index in [4.69, 9.17) is 6.21 Å². The first-order chi connectivity index (χ1) is 1.41. The molecule has 0 heterocycles. The maximum atomic E-state index is 8.50. The minimum absolute atomic E-state index is 0. The Morgan fingerprint density at radius 2 is 1.25 bits per heavy atom. The standard InChI is InChI=1S/Mg.O2Te.2H/c;1-3-2;;/q;+1;;. The van der Waals surface area contributed by atoms with Crippen LogP contribution in [-0.4, -0.2) is 43.9 Å². The summed E-state index contributed by atoms with van der Waals surface area (Å²) < 4.78 is 17.0. The Labute approximate surface area is 49.9 Å². The van der Waals surface area contributed by atoms with Gasteiger partial charge in [0.2, 0.25) is 0 Å². The average Bonchev–Trinajstić information content (AvgIpc) is 0.918. The topological polar surface area (TPSA) is 34.1 Å². The van der Waals surface area contributed by atoms with E-state index in [-0.39, 0.29) is 23.1 Å². The molecule has 0 unspecified atom stereocenters. The van der Waals surface area contributed by atoms with Gasteiger partial charge in [-0.15, -0.1) is 0 Å². The predicted octanol–water partition coefficient (Wildman–Crippen LogP) is -1.53. The minimum atomic E-state index is -2.03. The summed E-state index contributed by atoms with van der Waals surface area (Å²) in [5.41, 5.74) is 0. The molecule has 0 saturated heterocycles. The summed E-state index contributed by atoms with van der Waals surface area (Å²) in [6, 6.07) is 0. The van der Waals surface area contributed by atoms with E-state index in [1.165, 1.54) is 0 Å². The molecule has 0 amide bonds. The van der Waals surface area contributed by atoms with E-state index in [0.717, 1.165) is 0 Å². The van der Waals surface area contributed by atoms with Crippen LogP contribution in [0, 0.1) is 0 Å². The maximum Gasteiger partial charge on any atom is 0.316 e. The molecule has 0 bridgehead atoms. The van der Waals surface area contributed by atoms with Gasteiger partial charge in [0, 0.05) is 0 Å². The summed E-state index contributed by atoms with van der Waals surface area (Å²) in [5, 5.41) is 0. The van der Waals surface area contributed by atoms with Gasteiger partial charge in [0.05, 0.1) is 0 Å². The molecule has 0 aliphatic rings. The van der Waals surface area contributed by atoms with Crippen LogP contribution in [-0.2, 0) is 6.21 Å². The van der Waals surface area contributed by atoms with Gasteiger partial charge >= 0.3 is 50.2 Å². The second-order valence-corrected chi connectivity index (χ2v) is 0.456. The Morgan fingerprint density at radius 1 is 1.25 bits per heavy atom. The van der Waals surface area contributed by atoms with Gasteiger partial charge in [-0.05, 0) is 0 Å². The van der Waals surface area contributed by atoms with Crippen molar-refractivity contribution >= 4 is 43.9 Å². The van der Waals surface area contributed by atoms with E-state index >= 15 is 0 Å². The normalized spacial score (nSPS) is 2.00. The van der Waals surface area contributed by atoms with Gasteiger partial charge in [0.1, 0.15) is 0 Å². The van der Waals surface area contributed by atoms with E-state index in [1.807, 2.05) is 0 Å². The van der Waals surface area contributed by atoms with Gasteiger partial charge in [-0.25, -0.2) is 0 Å². The molecule has 0 fully saturated rings. The summed E-state index contributed by atoms with van der Waals surface area (Å²) in [4.78, 5) is 0. The fourth-order valence-electron chi connectivity index (χ4n) is 0. The van der Waals surface area contributed by atoms with Crippen molar-refractivity contribution < 1.29 is 6.21 Å².